The molecule has 1 aromatic heterocycles. The molecular weight excluding hydrogens is 392 g/mol. The molecule has 1 heterocycles. The van der Waals surface area contributed by atoms with Crippen LogP contribution in [0.4, 0.5) is 0 Å². The van der Waals surface area contributed by atoms with E-state index in [4.69, 9.17) is 9.47 Å². The molecule has 0 atom stereocenters. The van der Waals surface area contributed by atoms with Crippen molar-refractivity contribution in [2.24, 2.45) is 10.8 Å². The fourth-order valence-electron chi connectivity index (χ4n) is 4.74. The molecule has 3 rings (SSSR count). The average Bonchev–Trinajstić information content (AvgIpc) is 2.74. The lowest BCUT2D eigenvalue weighted by Gasteiger charge is -2.63. The van der Waals surface area contributed by atoms with Gasteiger partial charge in [-0.1, -0.05) is 41.5 Å². The molecule has 1 N–H and O–H groups in total. The van der Waals surface area contributed by atoms with E-state index < -0.39 is 0 Å². The van der Waals surface area contributed by atoms with Crippen molar-refractivity contribution in [1.82, 2.24) is 15.3 Å². The number of ether oxygens (including phenoxy) is 2. The predicted molar refractivity (Wildman–Crippen MR) is 119 cm³/mol. The zero-order valence-electron chi connectivity index (χ0n) is 19.2. The van der Waals surface area contributed by atoms with Crippen molar-refractivity contribution >= 4 is 5.91 Å². The summed E-state index contributed by atoms with van der Waals surface area (Å²) in [5.41, 5.74) is 0.257. The molecule has 0 saturated heterocycles. The summed E-state index contributed by atoms with van der Waals surface area (Å²) >= 11 is 0. The van der Waals surface area contributed by atoms with Gasteiger partial charge in [0.05, 0.1) is 18.2 Å². The Bertz CT molecular complexity index is 997. The Balaban J connectivity index is 0.00000363. The van der Waals surface area contributed by atoms with Crippen LogP contribution in [0.2, 0.25) is 0 Å². The fraction of sp³-hybridized carbons (Fsp3) is 0.500. The van der Waals surface area contributed by atoms with Crippen molar-refractivity contribution in [3.05, 3.63) is 47.5 Å². The molecule has 1 aromatic carbocycles. The molecule has 1 aliphatic rings. The first-order valence-corrected chi connectivity index (χ1v) is 10.4. The summed E-state index contributed by atoms with van der Waals surface area (Å²) in [4.78, 5) is 21.4. The van der Waals surface area contributed by atoms with Gasteiger partial charge in [-0.3, -0.25) is 4.79 Å². The topological polar surface area (TPSA) is 97.1 Å². The molecule has 1 saturated carbocycles. The summed E-state index contributed by atoms with van der Waals surface area (Å²) in [6.07, 6.45) is 3.00. The summed E-state index contributed by atoms with van der Waals surface area (Å²) in [5.74, 6) is 1.83. The Morgan fingerprint density at radius 1 is 1.19 bits per heavy atom. The summed E-state index contributed by atoms with van der Waals surface area (Å²) in [7, 11) is 1.53. The molecule has 31 heavy (non-hydrogen) atoms. The molecule has 0 bridgehead atoms. The van der Waals surface area contributed by atoms with Crippen LogP contribution in [-0.4, -0.2) is 35.1 Å². The van der Waals surface area contributed by atoms with Gasteiger partial charge in [-0.2, -0.15) is 5.26 Å². The summed E-state index contributed by atoms with van der Waals surface area (Å²) < 4.78 is 11.6. The van der Waals surface area contributed by atoms with Crippen LogP contribution in [0.3, 0.4) is 0 Å². The van der Waals surface area contributed by atoms with Crippen LogP contribution in [-0.2, 0) is 0 Å². The number of methoxy groups -OCH3 is 1. The summed E-state index contributed by atoms with van der Waals surface area (Å²) in [6, 6.07) is 7.18. The molecule has 0 aliphatic heterocycles. The number of nitriles is 1. The van der Waals surface area contributed by atoms with E-state index in [1.165, 1.54) is 7.11 Å². The van der Waals surface area contributed by atoms with E-state index in [0.717, 1.165) is 0 Å². The lowest BCUT2D eigenvalue weighted by Crippen LogP contribution is -2.74. The number of amides is 1. The molecule has 7 nitrogen and oxygen atoms in total. The molecule has 166 valence electrons. The molecule has 1 aliphatic carbocycles. The van der Waals surface area contributed by atoms with Crippen molar-refractivity contribution in [3.63, 3.8) is 0 Å². The normalized spacial score (nSPS) is 21.0. The van der Waals surface area contributed by atoms with E-state index in [2.05, 4.69) is 49.0 Å². The molecule has 0 spiro atoms. The second kappa shape index (κ2) is 8.18. The van der Waals surface area contributed by atoms with Gasteiger partial charge < -0.3 is 14.8 Å². The third-order valence-corrected chi connectivity index (χ3v) is 6.11. The molecular formula is C24H32N4O3. The maximum atomic E-state index is 12.8. The highest BCUT2D eigenvalue weighted by Crippen LogP contribution is 2.55. The zero-order valence-corrected chi connectivity index (χ0v) is 19.2. The van der Waals surface area contributed by atoms with E-state index in [0.29, 0.717) is 28.5 Å². The van der Waals surface area contributed by atoms with Gasteiger partial charge in [0.25, 0.3) is 5.91 Å². The van der Waals surface area contributed by atoms with Crippen LogP contribution in [0, 0.1) is 22.2 Å². The molecule has 0 radical (unpaired) electrons. The monoisotopic (exact) mass is 424 g/mol. The first-order chi connectivity index (χ1) is 14.5. The first kappa shape index (κ1) is 22.5. The van der Waals surface area contributed by atoms with Crippen molar-refractivity contribution < 1.29 is 15.7 Å². The van der Waals surface area contributed by atoms with E-state index in [-0.39, 0.29) is 36.2 Å². The number of aromatic nitrogens is 2. The quantitative estimate of drug-likeness (QED) is 0.741. The largest absolute Gasteiger partial charge is 0.495 e. The molecule has 1 fully saturated rings. The molecule has 1 amide bonds. The SMILES string of the molecule is COc1cc(OC2C(C)(C)C(NC(=O)c3cnc(C(C)C)nc3)C2(C)C)ccc1C#N.[HH]. The predicted octanol–water partition coefficient (Wildman–Crippen LogP) is 4.34. The summed E-state index contributed by atoms with van der Waals surface area (Å²) in [6.45, 7) is 12.3. The first-order valence-electron chi connectivity index (χ1n) is 10.4. The Labute approximate surface area is 185 Å². The van der Waals surface area contributed by atoms with Crippen LogP contribution in [0.25, 0.3) is 0 Å². The molecule has 0 unspecified atom stereocenters. The standard InChI is InChI=1S/C24H30N4O3.H2/c1-14(2)19-26-12-16(13-27-19)20(29)28-21-23(3,4)22(24(21,5)6)31-17-9-8-15(11-25)18(10-17)30-7;/h8-10,12-14,21-22H,1-7H3,(H,28,29);1H. The van der Waals surface area contributed by atoms with Crippen LogP contribution in [0.1, 0.15) is 70.6 Å². The molecule has 7 heteroatoms. The van der Waals surface area contributed by atoms with Gasteiger partial charge >= 0.3 is 0 Å². The third-order valence-electron chi connectivity index (χ3n) is 6.11. The van der Waals surface area contributed by atoms with Gasteiger partial charge in [-0.25, -0.2) is 9.97 Å². The van der Waals surface area contributed by atoms with Crippen molar-refractivity contribution in [2.75, 3.05) is 7.11 Å². The molecule has 2 aromatic rings. The number of carbonyl (C=O) groups is 1. The smallest absolute Gasteiger partial charge is 0.254 e. The number of nitrogens with zero attached hydrogens (tertiary/aromatic N) is 3. The maximum Gasteiger partial charge on any atom is 0.254 e. The Hall–Kier alpha value is -3.14. The van der Waals surface area contributed by atoms with E-state index in [9.17, 15) is 10.1 Å². The lowest BCUT2D eigenvalue weighted by atomic mass is 9.49. The van der Waals surface area contributed by atoms with Crippen LogP contribution >= 0.6 is 0 Å². The van der Waals surface area contributed by atoms with Gasteiger partial charge in [0.1, 0.15) is 29.5 Å². The minimum absolute atomic E-state index is 0. The zero-order chi connectivity index (χ0) is 23.0. The van der Waals surface area contributed by atoms with Crippen molar-refractivity contribution in [1.29, 1.82) is 5.26 Å². The van der Waals surface area contributed by atoms with E-state index >= 15 is 0 Å². The van der Waals surface area contributed by atoms with E-state index in [1.807, 2.05) is 13.8 Å². The Morgan fingerprint density at radius 3 is 2.32 bits per heavy atom. The second-order valence-corrected chi connectivity index (χ2v) is 9.51. The van der Waals surface area contributed by atoms with Gasteiger partial charge in [-0.15, -0.1) is 0 Å². The Kier molecular flexibility index (Phi) is 5.95. The van der Waals surface area contributed by atoms with Gasteiger partial charge in [0, 0.05) is 42.7 Å². The number of nitrogens with one attached hydrogen (secondary N) is 1. The summed E-state index contributed by atoms with van der Waals surface area (Å²) in [5, 5.41) is 12.3. The lowest BCUT2D eigenvalue weighted by molar-refractivity contribution is -0.164. The average molecular weight is 425 g/mol. The van der Waals surface area contributed by atoms with Crippen LogP contribution in [0.15, 0.2) is 30.6 Å². The fourth-order valence-corrected chi connectivity index (χ4v) is 4.74. The highest BCUT2D eigenvalue weighted by atomic mass is 16.5. The van der Waals surface area contributed by atoms with Crippen molar-refractivity contribution in [3.8, 4) is 17.6 Å². The minimum atomic E-state index is -0.320. The van der Waals surface area contributed by atoms with Gasteiger partial charge in [0.2, 0.25) is 0 Å². The number of rotatable bonds is 6. The van der Waals surface area contributed by atoms with Crippen LogP contribution < -0.4 is 14.8 Å². The number of hydrogen-bond donors (Lipinski definition) is 1. The van der Waals surface area contributed by atoms with Crippen LogP contribution in [0.5, 0.6) is 11.5 Å². The van der Waals surface area contributed by atoms with E-state index in [1.54, 1.807) is 30.6 Å². The highest BCUT2D eigenvalue weighted by Gasteiger charge is 2.64. The second-order valence-electron chi connectivity index (χ2n) is 9.51. The van der Waals surface area contributed by atoms with Crippen molar-refractivity contribution in [2.45, 2.75) is 59.6 Å². The number of carbonyl (C=O) groups excluding carboxylic acids is 1. The Morgan fingerprint density at radius 2 is 1.81 bits per heavy atom. The number of hydrogen-bond acceptors (Lipinski definition) is 6. The van der Waals surface area contributed by atoms with Gasteiger partial charge in [0.15, 0.2) is 0 Å². The minimum Gasteiger partial charge on any atom is -0.495 e. The highest BCUT2D eigenvalue weighted by molar-refractivity contribution is 5.94. The maximum absolute atomic E-state index is 12.8. The third kappa shape index (κ3) is 4.07. The number of benzene rings is 1. The van der Waals surface area contributed by atoms with Gasteiger partial charge in [-0.05, 0) is 12.1 Å².